The fourth-order valence-electron chi connectivity index (χ4n) is 3.29. The van der Waals surface area contributed by atoms with Crippen LogP contribution in [0.4, 0.5) is 4.39 Å². The summed E-state index contributed by atoms with van der Waals surface area (Å²) < 4.78 is 23.6. The Morgan fingerprint density at radius 1 is 1.19 bits per heavy atom. The highest BCUT2D eigenvalue weighted by atomic mass is 19.1. The summed E-state index contributed by atoms with van der Waals surface area (Å²) in [4.78, 5) is 30.8. The van der Waals surface area contributed by atoms with E-state index in [9.17, 15) is 14.0 Å². The van der Waals surface area contributed by atoms with Gasteiger partial charge in [-0.2, -0.15) is 4.98 Å². The smallest absolute Gasteiger partial charge is 0.310 e. The van der Waals surface area contributed by atoms with Crippen LogP contribution in [0.5, 0.6) is 0 Å². The molecule has 0 N–H and O–H groups in total. The SMILES string of the molecule is COC(=O)C(C)CN(Cc1ccccc1)C(=O)CCc1nc(-c2ccc(F)c(C)c2)no1. The molecule has 1 unspecified atom stereocenters. The molecule has 1 atom stereocenters. The van der Waals surface area contributed by atoms with Crippen molar-refractivity contribution in [2.45, 2.75) is 33.2 Å². The highest BCUT2D eigenvalue weighted by Gasteiger charge is 2.22. The third kappa shape index (κ3) is 6.00. The number of hydrogen-bond acceptors (Lipinski definition) is 6. The predicted octanol–water partition coefficient (Wildman–Crippen LogP) is 3.95. The second-order valence-corrected chi connectivity index (χ2v) is 7.66. The Bertz CT molecular complexity index is 1070. The summed E-state index contributed by atoms with van der Waals surface area (Å²) in [6, 6.07) is 14.1. The largest absolute Gasteiger partial charge is 0.469 e. The number of halogens is 1. The number of rotatable bonds is 9. The molecular weight excluding hydrogens is 413 g/mol. The van der Waals surface area contributed by atoms with Gasteiger partial charge in [0.05, 0.1) is 13.0 Å². The second kappa shape index (κ2) is 10.7. The molecule has 168 valence electrons. The minimum atomic E-state index is -0.454. The van der Waals surface area contributed by atoms with Gasteiger partial charge in [-0.3, -0.25) is 9.59 Å². The van der Waals surface area contributed by atoms with Crippen molar-refractivity contribution in [1.29, 1.82) is 0 Å². The Morgan fingerprint density at radius 2 is 1.94 bits per heavy atom. The molecule has 1 heterocycles. The van der Waals surface area contributed by atoms with Crippen molar-refractivity contribution < 1.29 is 23.2 Å². The molecule has 0 bridgehead atoms. The van der Waals surface area contributed by atoms with Crippen LogP contribution in [0, 0.1) is 18.7 Å². The maximum Gasteiger partial charge on any atom is 0.310 e. The second-order valence-electron chi connectivity index (χ2n) is 7.66. The minimum absolute atomic E-state index is 0.137. The number of carbonyl (C=O) groups is 2. The zero-order valence-corrected chi connectivity index (χ0v) is 18.4. The Morgan fingerprint density at radius 3 is 2.62 bits per heavy atom. The Hall–Kier alpha value is -3.55. The fraction of sp³-hybridized carbons (Fsp3) is 0.333. The molecule has 0 fully saturated rings. The molecule has 0 aliphatic heterocycles. The van der Waals surface area contributed by atoms with E-state index < -0.39 is 5.92 Å². The van der Waals surface area contributed by atoms with Crippen molar-refractivity contribution in [3.05, 3.63) is 71.4 Å². The molecule has 1 aromatic heterocycles. The number of esters is 1. The van der Waals surface area contributed by atoms with Crippen molar-refractivity contribution in [3.8, 4) is 11.4 Å². The first-order valence-electron chi connectivity index (χ1n) is 10.4. The predicted molar refractivity (Wildman–Crippen MR) is 116 cm³/mol. The van der Waals surface area contributed by atoms with Gasteiger partial charge in [0.1, 0.15) is 5.82 Å². The van der Waals surface area contributed by atoms with Gasteiger partial charge in [0.2, 0.25) is 17.6 Å². The lowest BCUT2D eigenvalue weighted by Crippen LogP contribution is -2.37. The Labute approximate surface area is 186 Å². The van der Waals surface area contributed by atoms with E-state index >= 15 is 0 Å². The van der Waals surface area contributed by atoms with Crippen LogP contribution >= 0.6 is 0 Å². The summed E-state index contributed by atoms with van der Waals surface area (Å²) in [5.74, 6) is -0.604. The monoisotopic (exact) mass is 439 g/mol. The average molecular weight is 439 g/mol. The van der Waals surface area contributed by atoms with E-state index in [1.54, 1.807) is 30.9 Å². The molecule has 0 saturated carbocycles. The van der Waals surface area contributed by atoms with Gasteiger partial charge in [-0.25, -0.2) is 4.39 Å². The van der Waals surface area contributed by atoms with Gasteiger partial charge in [-0.1, -0.05) is 42.4 Å². The maximum atomic E-state index is 13.5. The minimum Gasteiger partial charge on any atom is -0.469 e. The van der Waals surface area contributed by atoms with Gasteiger partial charge in [-0.15, -0.1) is 0 Å². The zero-order valence-electron chi connectivity index (χ0n) is 18.4. The third-order valence-electron chi connectivity index (χ3n) is 5.10. The van der Waals surface area contributed by atoms with E-state index in [4.69, 9.17) is 9.26 Å². The Kier molecular flexibility index (Phi) is 7.70. The van der Waals surface area contributed by atoms with Crippen LogP contribution in [-0.4, -0.2) is 40.6 Å². The lowest BCUT2D eigenvalue weighted by atomic mass is 10.1. The number of aryl methyl sites for hydroxylation is 2. The first-order valence-corrected chi connectivity index (χ1v) is 10.4. The van der Waals surface area contributed by atoms with E-state index in [1.807, 2.05) is 30.3 Å². The summed E-state index contributed by atoms with van der Waals surface area (Å²) in [6.07, 6.45) is 0.398. The van der Waals surface area contributed by atoms with Gasteiger partial charge in [0.25, 0.3) is 0 Å². The first-order chi connectivity index (χ1) is 15.4. The lowest BCUT2D eigenvalue weighted by Gasteiger charge is -2.25. The van der Waals surface area contributed by atoms with Crippen LogP contribution in [0.2, 0.25) is 0 Å². The van der Waals surface area contributed by atoms with E-state index in [1.165, 1.54) is 13.2 Å². The number of carbonyl (C=O) groups excluding carboxylic acids is 2. The maximum absolute atomic E-state index is 13.5. The van der Waals surface area contributed by atoms with Crippen LogP contribution in [-0.2, 0) is 27.3 Å². The normalized spacial score (nSPS) is 11.8. The average Bonchev–Trinajstić information content (AvgIpc) is 3.28. The Balaban J connectivity index is 1.67. The van der Waals surface area contributed by atoms with Crippen molar-refractivity contribution >= 4 is 11.9 Å². The molecule has 3 rings (SSSR count). The van der Waals surface area contributed by atoms with E-state index in [2.05, 4.69) is 10.1 Å². The van der Waals surface area contributed by atoms with Gasteiger partial charge < -0.3 is 14.2 Å². The molecule has 0 saturated heterocycles. The number of benzene rings is 2. The molecule has 0 aliphatic carbocycles. The van der Waals surface area contributed by atoms with Crippen molar-refractivity contribution in [2.75, 3.05) is 13.7 Å². The van der Waals surface area contributed by atoms with Crippen molar-refractivity contribution in [3.63, 3.8) is 0 Å². The van der Waals surface area contributed by atoms with E-state index in [0.29, 0.717) is 29.4 Å². The highest BCUT2D eigenvalue weighted by Crippen LogP contribution is 2.20. The zero-order chi connectivity index (χ0) is 23.1. The lowest BCUT2D eigenvalue weighted by molar-refractivity contribution is -0.146. The van der Waals surface area contributed by atoms with Gasteiger partial charge >= 0.3 is 5.97 Å². The fourth-order valence-corrected chi connectivity index (χ4v) is 3.29. The molecule has 0 aliphatic rings. The van der Waals surface area contributed by atoms with Crippen LogP contribution in [0.1, 0.15) is 30.4 Å². The summed E-state index contributed by atoms with van der Waals surface area (Å²) >= 11 is 0. The summed E-state index contributed by atoms with van der Waals surface area (Å²) in [6.45, 7) is 4.01. The summed E-state index contributed by atoms with van der Waals surface area (Å²) in [5.41, 5.74) is 2.09. The van der Waals surface area contributed by atoms with Gasteiger partial charge in [0, 0.05) is 31.5 Å². The molecule has 2 aromatic carbocycles. The van der Waals surface area contributed by atoms with Crippen LogP contribution in [0.15, 0.2) is 53.1 Å². The highest BCUT2D eigenvalue weighted by molar-refractivity contribution is 5.78. The molecule has 32 heavy (non-hydrogen) atoms. The summed E-state index contributed by atoms with van der Waals surface area (Å²) in [7, 11) is 1.33. The van der Waals surface area contributed by atoms with E-state index in [-0.39, 0.29) is 37.1 Å². The number of aromatic nitrogens is 2. The molecule has 1 amide bonds. The molecule has 8 heteroatoms. The molecule has 3 aromatic rings. The summed E-state index contributed by atoms with van der Waals surface area (Å²) in [5, 5.41) is 3.94. The third-order valence-corrected chi connectivity index (χ3v) is 5.10. The number of nitrogens with zero attached hydrogens (tertiary/aromatic N) is 3. The standard InChI is InChI=1S/C24H26FN3O4/c1-16-13-19(9-10-20(16)25)23-26-21(32-27-23)11-12-22(29)28(14-17(2)24(30)31-3)15-18-7-5-4-6-8-18/h4-10,13,17H,11-12,14-15H2,1-3H3. The number of ether oxygens (including phenoxy) is 1. The topological polar surface area (TPSA) is 85.5 Å². The van der Waals surface area contributed by atoms with Crippen molar-refractivity contribution in [2.24, 2.45) is 5.92 Å². The molecule has 0 spiro atoms. The van der Waals surface area contributed by atoms with Crippen LogP contribution in [0.25, 0.3) is 11.4 Å². The van der Waals surface area contributed by atoms with Crippen LogP contribution < -0.4 is 0 Å². The van der Waals surface area contributed by atoms with Gasteiger partial charge in [-0.05, 0) is 36.2 Å². The van der Waals surface area contributed by atoms with Crippen molar-refractivity contribution in [1.82, 2.24) is 15.0 Å². The number of methoxy groups -OCH3 is 1. The molecule has 0 radical (unpaired) electrons. The number of amides is 1. The number of hydrogen-bond donors (Lipinski definition) is 0. The van der Waals surface area contributed by atoms with Crippen LogP contribution in [0.3, 0.4) is 0 Å². The van der Waals surface area contributed by atoms with E-state index in [0.717, 1.165) is 5.56 Å². The quantitative estimate of drug-likeness (QED) is 0.469. The first kappa shape index (κ1) is 23.1. The molecular formula is C24H26FN3O4. The molecule has 7 nitrogen and oxygen atoms in total. The van der Waals surface area contributed by atoms with Gasteiger partial charge in [0.15, 0.2) is 0 Å².